The number of hydroxylamine groups is 1. The summed E-state index contributed by atoms with van der Waals surface area (Å²) in [6.07, 6.45) is 3.33. The van der Waals surface area contributed by atoms with Crippen LogP contribution in [0.15, 0.2) is 30.6 Å². The van der Waals surface area contributed by atoms with Gasteiger partial charge in [0.05, 0.1) is 25.5 Å². The number of piperazine rings is 1. The monoisotopic (exact) mass is 546 g/mol. The molecule has 3 aliphatic heterocycles. The van der Waals surface area contributed by atoms with Crippen LogP contribution in [0.5, 0.6) is 0 Å². The van der Waals surface area contributed by atoms with Crippen LogP contribution in [0.4, 0.5) is 33.9 Å². The molecule has 3 aliphatic rings. The highest BCUT2D eigenvalue weighted by Gasteiger charge is 2.31. The molecule has 2 saturated heterocycles. The van der Waals surface area contributed by atoms with Gasteiger partial charge in [0.25, 0.3) is 0 Å². The highest BCUT2D eigenvalue weighted by Crippen LogP contribution is 2.36. The third-order valence-electron chi connectivity index (χ3n) is 7.53. The molecule has 2 aromatic heterocycles. The maximum absolute atomic E-state index is 13.1. The Morgan fingerprint density at radius 3 is 2.50 bits per heavy atom. The van der Waals surface area contributed by atoms with E-state index in [1.807, 2.05) is 19.1 Å². The number of hydrogen-bond donors (Lipinski definition) is 2. The molecule has 3 aromatic rings. The number of nitrogens with one attached hydrogen (secondary N) is 1. The molecule has 210 valence electrons. The first-order chi connectivity index (χ1) is 19.4. The summed E-state index contributed by atoms with van der Waals surface area (Å²) >= 11 is 0. The van der Waals surface area contributed by atoms with Crippen LogP contribution in [0.25, 0.3) is 11.3 Å². The molecule has 5 heterocycles. The molecule has 0 aliphatic carbocycles. The zero-order valence-corrected chi connectivity index (χ0v) is 22.8. The molecule has 0 atom stereocenters. The first-order valence-electron chi connectivity index (χ1n) is 13.6. The van der Waals surface area contributed by atoms with Crippen LogP contribution >= 0.6 is 0 Å². The minimum absolute atomic E-state index is 0.191. The zero-order valence-electron chi connectivity index (χ0n) is 22.8. The molecule has 6 rings (SSSR count). The minimum Gasteiger partial charge on any atom is -0.378 e. The van der Waals surface area contributed by atoms with E-state index >= 15 is 0 Å². The third kappa shape index (κ3) is 5.42. The number of benzene rings is 1. The second-order valence-corrected chi connectivity index (χ2v) is 10.2. The number of aromatic nitrogens is 4. The number of aryl methyl sites for hydroxylation is 1. The largest absolute Gasteiger partial charge is 0.436 e. The number of likely N-dealkylation sites (N-methyl/N-ethyl adjacent to an activating group) is 1. The van der Waals surface area contributed by atoms with Gasteiger partial charge in [-0.1, -0.05) is 6.07 Å². The van der Waals surface area contributed by atoms with E-state index in [-0.39, 0.29) is 5.95 Å². The average molecular weight is 547 g/mol. The van der Waals surface area contributed by atoms with Gasteiger partial charge in [0.2, 0.25) is 11.9 Å². The standard InChI is InChI=1S/C27H34N10O3/c1-18-3-4-20(35-9-7-34(2)8-10-35)15-22(18)31-27(38)40-37-6-5-21-23(19-16-29-25(28)30-17-19)32-26(33-24(21)37)36-11-13-39-14-12-36/h3-4,15-17H,5-14H2,1-2H3,(H,31,38)(H2,28,29,30). The van der Waals surface area contributed by atoms with Crippen LogP contribution in [0.1, 0.15) is 11.1 Å². The van der Waals surface area contributed by atoms with Gasteiger partial charge >= 0.3 is 6.09 Å². The van der Waals surface area contributed by atoms with Crippen LogP contribution in [0.3, 0.4) is 0 Å². The Morgan fingerprint density at radius 1 is 1.00 bits per heavy atom. The Hall–Kier alpha value is -4.23. The summed E-state index contributed by atoms with van der Waals surface area (Å²) in [5.74, 6) is 1.29. The van der Waals surface area contributed by atoms with Crippen molar-refractivity contribution in [2.24, 2.45) is 0 Å². The SMILES string of the molecule is Cc1ccc(N2CCN(C)CC2)cc1NC(=O)ON1CCc2c(-c3cnc(N)nc3)nc(N3CCOCC3)nc21. The summed E-state index contributed by atoms with van der Waals surface area (Å²) in [7, 11) is 2.13. The fourth-order valence-corrected chi connectivity index (χ4v) is 5.15. The molecule has 13 heteroatoms. The number of ether oxygens (including phenoxy) is 1. The van der Waals surface area contributed by atoms with Crippen molar-refractivity contribution < 1.29 is 14.4 Å². The number of nitrogens with zero attached hydrogens (tertiary/aromatic N) is 8. The number of amides is 1. The molecule has 13 nitrogen and oxygen atoms in total. The molecular formula is C27H34N10O3. The highest BCUT2D eigenvalue weighted by molar-refractivity contribution is 5.87. The molecule has 1 aromatic carbocycles. The number of morpholine rings is 1. The van der Waals surface area contributed by atoms with Crippen molar-refractivity contribution in [3.05, 3.63) is 41.7 Å². The maximum atomic E-state index is 13.1. The Balaban J connectivity index is 1.24. The normalized spacial score (nSPS) is 17.6. The van der Waals surface area contributed by atoms with Crippen LogP contribution in [-0.2, 0) is 16.0 Å². The second-order valence-electron chi connectivity index (χ2n) is 10.2. The lowest BCUT2D eigenvalue weighted by molar-refractivity contribution is 0.122. The van der Waals surface area contributed by atoms with Gasteiger partial charge in [-0.2, -0.15) is 10.0 Å². The molecule has 0 bridgehead atoms. The molecule has 0 spiro atoms. The Labute approximate surface area is 232 Å². The minimum atomic E-state index is -0.574. The van der Waals surface area contributed by atoms with Crippen molar-refractivity contribution >= 4 is 35.2 Å². The lowest BCUT2D eigenvalue weighted by atomic mass is 10.1. The van der Waals surface area contributed by atoms with E-state index in [1.54, 1.807) is 12.4 Å². The molecular weight excluding hydrogens is 512 g/mol. The number of carbonyl (C=O) groups excluding carboxylic acids is 1. The van der Waals surface area contributed by atoms with Gasteiger partial charge in [-0.15, -0.1) is 0 Å². The first kappa shape index (κ1) is 26.0. The Kier molecular flexibility index (Phi) is 7.22. The summed E-state index contributed by atoms with van der Waals surface area (Å²) in [6, 6.07) is 6.13. The van der Waals surface area contributed by atoms with E-state index in [1.165, 1.54) is 5.06 Å². The van der Waals surface area contributed by atoms with Crippen LogP contribution < -0.4 is 25.9 Å². The summed E-state index contributed by atoms with van der Waals surface area (Å²) in [4.78, 5) is 43.7. The first-order valence-corrected chi connectivity index (χ1v) is 13.6. The van der Waals surface area contributed by atoms with Crippen molar-refractivity contribution in [1.82, 2.24) is 24.8 Å². The quantitative estimate of drug-likeness (QED) is 0.484. The van der Waals surface area contributed by atoms with Gasteiger partial charge in [0, 0.05) is 74.2 Å². The van der Waals surface area contributed by atoms with Gasteiger partial charge < -0.3 is 30.0 Å². The van der Waals surface area contributed by atoms with Gasteiger partial charge in [0.15, 0.2) is 5.82 Å². The number of rotatable bonds is 5. The number of hydrogen-bond acceptors (Lipinski definition) is 12. The van der Waals surface area contributed by atoms with Gasteiger partial charge in [-0.05, 0) is 38.1 Å². The summed E-state index contributed by atoms with van der Waals surface area (Å²) < 4.78 is 5.51. The number of carbonyl (C=O) groups is 1. The number of nitrogens with two attached hydrogens (primary N) is 1. The van der Waals surface area contributed by atoms with Crippen molar-refractivity contribution in [1.29, 1.82) is 0 Å². The van der Waals surface area contributed by atoms with E-state index in [0.717, 1.165) is 54.2 Å². The average Bonchev–Trinajstić information content (AvgIpc) is 3.37. The van der Waals surface area contributed by atoms with Gasteiger partial charge in [-0.25, -0.2) is 19.7 Å². The molecule has 0 radical (unpaired) electrons. The van der Waals surface area contributed by atoms with Crippen LogP contribution in [-0.4, -0.2) is 97.0 Å². The summed E-state index contributed by atoms with van der Waals surface area (Å²) in [6.45, 7) is 8.84. The van der Waals surface area contributed by atoms with Gasteiger partial charge in [0.1, 0.15) is 0 Å². The molecule has 0 unspecified atom stereocenters. The molecule has 1 amide bonds. The maximum Gasteiger partial charge on any atom is 0.436 e. The van der Waals surface area contributed by atoms with E-state index in [4.69, 9.17) is 25.3 Å². The van der Waals surface area contributed by atoms with E-state index in [9.17, 15) is 4.79 Å². The third-order valence-corrected chi connectivity index (χ3v) is 7.53. The second kappa shape index (κ2) is 11.1. The number of fused-ring (bicyclic) bond motifs is 1. The predicted molar refractivity (Wildman–Crippen MR) is 153 cm³/mol. The van der Waals surface area contributed by atoms with Crippen molar-refractivity contribution in [2.75, 3.05) is 92.0 Å². The van der Waals surface area contributed by atoms with E-state index in [0.29, 0.717) is 56.7 Å². The molecule has 2 fully saturated rings. The lowest BCUT2D eigenvalue weighted by Crippen LogP contribution is -2.44. The molecule has 0 saturated carbocycles. The van der Waals surface area contributed by atoms with Crippen molar-refractivity contribution in [3.8, 4) is 11.3 Å². The van der Waals surface area contributed by atoms with Gasteiger partial charge in [-0.3, -0.25) is 5.32 Å². The molecule has 3 N–H and O–H groups in total. The van der Waals surface area contributed by atoms with Crippen LogP contribution in [0.2, 0.25) is 0 Å². The fraction of sp³-hybridized carbons (Fsp3) is 0.444. The van der Waals surface area contributed by atoms with Crippen molar-refractivity contribution in [2.45, 2.75) is 13.3 Å². The van der Waals surface area contributed by atoms with Crippen LogP contribution in [0, 0.1) is 6.92 Å². The van der Waals surface area contributed by atoms with E-state index < -0.39 is 6.09 Å². The number of nitrogen functional groups attached to an aromatic ring is 1. The Morgan fingerprint density at radius 2 is 1.75 bits per heavy atom. The van der Waals surface area contributed by atoms with Crippen molar-refractivity contribution in [3.63, 3.8) is 0 Å². The fourth-order valence-electron chi connectivity index (χ4n) is 5.15. The zero-order chi connectivity index (χ0) is 27.6. The lowest BCUT2D eigenvalue weighted by Gasteiger charge is -2.34. The topological polar surface area (TPSA) is 138 Å². The Bertz CT molecular complexity index is 1370. The highest BCUT2D eigenvalue weighted by atomic mass is 16.7. The number of anilines is 5. The van der Waals surface area contributed by atoms with E-state index in [2.05, 4.69) is 43.1 Å². The predicted octanol–water partition coefficient (Wildman–Crippen LogP) is 1.94. The summed E-state index contributed by atoms with van der Waals surface area (Å²) in [5.41, 5.74) is 10.8. The summed E-state index contributed by atoms with van der Waals surface area (Å²) in [5, 5.41) is 4.48. The smallest absolute Gasteiger partial charge is 0.378 e. The molecule has 40 heavy (non-hydrogen) atoms.